The fraction of sp³-hybridized carbons (Fsp3) is 0.529. The smallest absolute Gasteiger partial charge is 0.229 e. The molecule has 1 aliphatic heterocycles. The number of sulfonamides is 1. The summed E-state index contributed by atoms with van der Waals surface area (Å²) in [4.78, 5) is 4.51. The van der Waals surface area contributed by atoms with Crippen LogP contribution >= 0.6 is 0 Å². The van der Waals surface area contributed by atoms with E-state index in [-0.39, 0.29) is 11.7 Å². The monoisotopic (exact) mass is 349 g/mol. The van der Waals surface area contributed by atoms with Crippen molar-refractivity contribution in [2.45, 2.75) is 38.5 Å². The van der Waals surface area contributed by atoms with E-state index in [0.29, 0.717) is 19.0 Å². The van der Waals surface area contributed by atoms with E-state index in [4.69, 9.17) is 4.52 Å². The minimum absolute atomic E-state index is 0.155. The Bertz CT molecular complexity index is 750. The average Bonchev–Trinajstić information content (AvgIpc) is 3.10. The van der Waals surface area contributed by atoms with Gasteiger partial charge in [-0.05, 0) is 31.7 Å². The molecule has 0 N–H and O–H groups in total. The maximum Gasteiger partial charge on any atom is 0.229 e. The summed E-state index contributed by atoms with van der Waals surface area (Å²) in [5, 5.41) is 4.07. The lowest BCUT2D eigenvalue weighted by molar-refractivity contribution is 0.270. The van der Waals surface area contributed by atoms with Gasteiger partial charge in [-0.25, -0.2) is 12.7 Å². The van der Waals surface area contributed by atoms with Crippen LogP contribution in [0.2, 0.25) is 0 Å². The maximum atomic E-state index is 11.9. The summed E-state index contributed by atoms with van der Waals surface area (Å²) in [6.45, 7) is 2.74. The molecule has 0 unspecified atom stereocenters. The SMILES string of the molecule is CCS(=O)(=O)N1CCC(c2nc(CCc3ccccc3)no2)CC1. The Hall–Kier alpha value is -1.73. The van der Waals surface area contributed by atoms with Gasteiger partial charge in [0.25, 0.3) is 0 Å². The van der Waals surface area contributed by atoms with Crippen LogP contribution in [0.5, 0.6) is 0 Å². The third kappa shape index (κ3) is 4.02. The first-order valence-corrected chi connectivity index (χ1v) is 10.0. The van der Waals surface area contributed by atoms with Crippen molar-refractivity contribution in [1.82, 2.24) is 14.4 Å². The molecule has 1 saturated heterocycles. The van der Waals surface area contributed by atoms with Crippen LogP contribution in [0.25, 0.3) is 0 Å². The number of benzene rings is 1. The molecule has 2 heterocycles. The molecule has 24 heavy (non-hydrogen) atoms. The highest BCUT2D eigenvalue weighted by molar-refractivity contribution is 7.89. The van der Waals surface area contributed by atoms with Crippen LogP contribution in [-0.4, -0.2) is 41.7 Å². The van der Waals surface area contributed by atoms with Crippen LogP contribution in [0.15, 0.2) is 34.9 Å². The molecule has 0 radical (unpaired) electrons. The molecule has 0 atom stereocenters. The third-order valence-corrected chi connectivity index (χ3v) is 6.41. The molecule has 1 aromatic carbocycles. The summed E-state index contributed by atoms with van der Waals surface area (Å²) in [6.07, 6.45) is 3.10. The van der Waals surface area contributed by atoms with Crippen molar-refractivity contribution in [3.63, 3.8) is 0 Å². The minimum Gasteiger partial charge on any atom is -0.339 e. The van der Waals surface area contributed by atoms with Crippen LogP contribution in [0.3, 0.4) is 0 Å². The zero-order valence-electron chi connectivity index (χ0n) is 13.9. The lowest BCUT2D eigenvalue weighted by Crippen LogP contribution is -2.38. The molecule has 0 bridgehead atoms. The van der Waals surface area contributed by atoms with Crippen LogP contribution in [0.1, 0.15) is 43.0 Å². The van der Waals surface area contributed by atoms with Gasteiger partial charge in [-0.3, -0.25) is 0 Å². The molecule has 0 saturated carbocycles. The van der Waals surface area contributed by atoms with Crippen molar-refractivity contribution >= 4 is 10.0 Å². The Morgan fingerprint density at radius 2 is 1.88 bits per heavy atom. The summed E-state index contributed by atoms with van der Waals surface area (Å²) in [7, 11) is -3.09. The fourth-order valence-corrected chi connectivity index (χ4v) is 4.13. The minimum atomic E-state index is -3.09. The van der Waals surface area contributed by atoms with E-state index in [0.717, 1.165) is 31.5 Å². The van der Waals surface area contributed by atoms with Gasteiger partial charge < -0.3 is 4.52 Å². The molecule has 1 aromatic heterocycles. The van der Waals surface area contributed by atoms with Crippen molar-refractivity contribution in [1.29, 1.82) is 0 Å². The Balaban J connectivity index is 1.55. The van der Waals surface area contributed by atoms with Crippen molar-refractivity contribution in [3.05, 3.63) is 47.6 Å². The first-order chi connectivity index (χ1) is 11.6. The molecule has 130 valence electrons. The third-order valence-electron chi connectivity index (χ3n) is 4.53. The molecule has 7 heteroatoms. The van der Waals surface area contributed by atoms with E-state index in [1.807, 2.05) is 18.2 Å². The van der Waals surface area contributed by atoms with Gasteiger partial charge in [0, 0.05) is 25.4 Å². The van der Waals surface area contributed by atoms with Gasteiger partial charge in [-0.1, -0.05) is 35.5 Å². The number of nitrogens with zero attached hydrogens (tertiary/aromatic N) is 3. The predicted molar refractivity (Wildman–Crippen MR) is 91.2 cm³/mol. The lowest BCUT2D eigenvalue weighted by Gasteiger charge is -2.29. The van der Waals surface area contributed by atoms with Gasteiger partial charge in [0.1, 0.15) is 0 Å². The Labute approximate surface area is 142 Å². The zero-order chi connectivity index (χ0) is 17.0. The Morgan fingerprint density at radius 3 is 2.54 bits per heavy atom. The molecule has 2 aromatic rings. The van der Waals surface area contributed by atoms with Gasteiger partial charge in [0.15, 0.2) is 5.82 Å². The van der Waals surface area contributed by atoms with Crippen LogP contribution in [-0.2, 0) is 22.9 Å². The highest BCUT2D eigenvalue weighted by Gasteiger charge is 2.30. The number of aryl methyl sites for hydroxylation is 2. The second kappa shape index (κ2) is 7.44. The second-order valence-electron chi connectivity index (χ2n) is 6.11. The van der Waals surface area contributed by atoms with Gasteiger partial charge in [0.2, 0.25) is 15.9 Å². The Morgan fingerprint density at radius 1 is 1.17 bits per heavy atom. The quantitative estimate of drug-likeness (QED) is 0.800. The van der Waals surface area contributed by atoms with Crippen molar-refractivity contribution in [2.24, 2.45) is 0 Å². The number of rotatable bonds is 6. The highest BCUT2D eigenvalue weighted by Crippen LogP contribution is 2.28. The molecular formula is C17H23N3O3S. The highest BCUT2D eigenvalue weighted by atomic mass is 32.2. The standard InChI is InChI=1S/C17H23N3O3S/c1-2-24(21,22)20-12-10-15(11-13-20)17-18-16(19-23-17)9-8-14-6-4-3-5-7-14/h3-7,15H,2,8-13H2,1H3. The molecule has 3 rings (SSSR count). The van der Waals surface area contributed by atoms with Gasteiger partial charge in [0.05, 0.1) is 5.75 Å². The predicted octanol–water partition coefficient (Wildman–Crippen LogP) is 2.38. The normalized spacial score (nSPS) is 17.2. The van der Waals surface area contributed by atoms with Crippen LogP contribution < -0.4 is 0 Å². The van der Waals surface area contributed by atoms with Crippen LogP contribution in [0.4, 0.5) is 0 Å². The summed E-state index contributed by atoms with van der Waals surface area (Å²) < 4.78 is 30.8. The molecule has 1 aliphatic rings. The van der Waals surface area contributed by atoms with Crippen molar-refractivity contribution in [3.8, 4) is 0 Å². The first kappa shape index (κ1) is 17.1. The zero-order valence-corrected chi connectivity index (χ0v) is 14.7. The summed E-state index contributed by atoms with van der Waals surface area (Å²) >= 11 is 0. The molecular weight excluding hydrogens is 326 g/mol. The summed E-state index contributed by atoms with van der Waals surface area (Å²) in [5.41, 5.74) is 1.25. The topological polar surface area (TPSA) is 76.3 Å². The van der Waals surface area contributed by atoms with Gasteiger partial charge in [-0.2, -0.15) is 4.98 Å². The molecule has 0 spiro atoms. The van der Waals surface area contributed by atoms with E-state index in [9.17, 15) is 8.42 Å². The second-order valence-corrected chi connectivity index (χ2v) is 8.37. The fourth-order valence-electron chi connectivity index (χ4n) is 3.00. The largest absolute Gasteiger partial charge is 0.339 e. The number of hydrogen-bond donors (Lipinski definition) is 0. The van der Waals surface area contributed by atoms with Crippen molar-refractivity contribution < 1.29 is 12.9 Å². The van der Waals surface area contributed by atoms with E-state index in [1.54, 1.807) is 11.2 Å². The first-order valence-electron chi connectivity index (χ1n) is 8.42. The summed E-state index contributed by atoms with van der Waals surface area (Å²) in [5.74, 6) is 1.68. The van der Waals surface area contributed by atoms with Crippen molar-refractivity contribution in [2.75, 3.05) is 18.8 Å². The van der Waals surface area contributed by atoms with Gasteiger partial charge in [-0.15, -0.1) is 0 Å². The number of piperidine rings is 1. The average molecular weight is 349 g/mol. The lowest BCUT2D eigenvalue weighted by atomic mass is 9.98. The molecule has 6 nitrogen and oxygen atoms in total. The van der Waals surface area contributed by atoms with Gasteiger partial charge >= 0.3 is 0 Å². The molecule has 0 amide bonds. The summed E-state index contributed by atoms with van der Waals surface area (Å²) in [6, 6.07) is 10.2. The maximum absolute atomic E-state index is 11.9. The van der Waals surface area contributed by atoms with E-state index < -0.39 is 10.0 Å². The molecule has 1 fully saturated rings. The van der Waals surface area contributed by atoms with Crippen LogP contribution in [0, 0.1) is 0 Å². The Kier molecular flexibility index (Phi) is 5.30. The number of aromatic nitrogens is 2. The van der Waals surface area contributed by atoms with E-state index in [1.165, 1.54) is 5.56 Å². The number of hydrogen-bond acceptors (Lipinski definition) is 5. The van der Waals surface area contributed by atoms with E-state index in [2.05, 4.69) is 22.3 Å². The molecule has 0 aliphatic carbocycles. The van der Waals surface area contributed by atoms with E-state index >= 15 is 0 Å².